The fraction of sp³-hybridized carbons (Fsp3) is 0.238. The summed E-state index contributed by atoms with van der Waals surface area (Å²) < 4.78 is 11.8. The lowest BCUT2D eigenvalue weighted by Crippen LogP contribution is -2.24. The third kappa shape index (κ3) is 3.96. The number of methoxy groups -OCH3 is 1. The molecule has 2 heterocycles. The van der Waals surface area contributed by atoms with Crippen LogP contribution in [0.5, 0.6) is 5.75 Å². The molecule has 0 bridgehead atoms. The fourth-order valence-corrected chi connectivity index (χ4v) is 3.21. The van der Waals surface area contributed by atoms with Crippen LogP contribution in [0.1, 0.15) is 32.9 Å². The molecule has 8 heteroatoms. The summed E-state index contributed by atoms with van der Waals surface area (Å²) >= 11 is 0. The highest BCUT2D eigenvalue weighted by Crippen LogP contribution is 2.32. The Balaban J connectivity index is 2.24. The predicted molar refractivity (Wildman–Crippen MR) is 105 cm³/mol. The zero-order chi connectivity index (χ0) is 21.1. The second-order valence-electron chi connectivity index (χ2n) is 6.58. The van der Waals surface area contributed by atoms with Crippen LogP contribution in [-0.2, 0) is 20.7 Å². The maximum atomic E-state index is 12.6. The third-order valence-corrected chi connectivity index (χ3v) is 4.58. The third-order valence-electron chi connectivity index (χ3n) is 4.58. The van der Waals surface area contributed by atoms with Crippen LogP contribution >= 0.6 is 0 Å². The van der Waals surface area contributed by atoms with Gasteiger partial charge < -0.3 is 15.2 Å². The molecule has 3 rings (SSSR count). The molecule has 0 saturated heterocycles. The number of aryl methyl sites for hydroxylation is 1. The van der Waals surface area contributed by atoms with Crippen LogP contribution in [0, 0.1) is 13.8 Å². The number of Topliss-reactive ketones (excluding diaryl/α,β-unsaturated/α-hetero) is 1. The average Bonchev–Trinajstić information content (AvgIpc) is 2.97. The van der Waals surface area contributed by atoms with E-state index in [0.29, 0.717) is 23.2 Å². The van der Waals surface area contributed by atoms with Crippen molar-refractivity contribution in [1.82, 2.24) is 9.61 Å². The molecule has 0 spiro atoms. The Kier molecular flexibility index (Phi) is 5.63. The van der Waals surface area contributed by atoms with Gasteiger partial charge in [0.1, 0.15) is 11.3 Å². The van der Waals surface area contributed by atoms with Crippen molar-refractivity contribution in [3.63, 3.8) is 0 Å². The number of primary amides is 1. The summed E-state index contributed by atoms with van der Waals surface area (Å²) in [6.45, 7) is 3.16. The Labute approximate surface area is 167 Å². The lowest BCUT2D eigenvalue weighted by molar-refractivity contribution is -0.142. The Hall–Kier alpha value is -3.68. The summed E-state index contributed by atoms with van der Waals surface area (Å²) in [5.41, 5.74) is 8.62. The van der Waals surface area contributed by atoms with Gasteiger partial charge in [0.05, 0.1) is 24.1 Å². The number of nitrogens with zero attached hydrogens (tertiary/aromatic N) is 2. The van der Waals surface area contributed by atoms with Crippen molar-refractivity contribution >= 4 is 23.2 Å². The van der Waals surface area contributed by atoms with Crippen molar-refractivity contribution in [3.05, 3.63) is 64.5 Å². The maximum Gasteiger partial charge on any atom is 0.343 e. The summed E-state index contributed by atoms with van der Waals surface area (Å²) in [7, 11) is 1.25. The summed E-state index contributed by atoms with van der Waals surface area (Å²) in [6.07, 6.45) is 0.479. The van der Waals surface area contributed by atoms with E-state index in [1.54, 1.807) is 24.4 Å². The highest BCUT2D eigenvalue weighted by atomic mass is 16.6. The van der Waals surface area contributed by atoms with E-state index in [1.165, 1.54) is 7.11 Å². The van der Waals surface area contributed by atoms with Crippen molar-refractivity contribution < 1.29 is 23.9 Å². The second kappa shape index (κ2) is 8.14. The van der Waals surface area contributed by atoms with Crippen LogP contribution in [0.3, 0.4) is 0 Å². The standard InChI is InChI=1S/C21H21N3O5/c1-12-9-16(29-11-17(25)28-3)19-18(20(26)21(22)27)13(2)15(24(19)23-12)10-14-7-5-4-6-8-14/h4-9H,10-11H2,1-3H3,(H2,22,27). The summed E-state index contributed by atoms with van der Waals surface area (Å²) in [6, 6.07) is 11.3. The van der Waals surface area contributed by atoms with E-state index in [2.05, 4.69) is 9.84 Å². The molecule has 0 atom stereocenters. The van der Waals surface area contributed by atoms with Crippen LogP contribution in [0.2, 0.25) is 0 Å². The predicted octanol–water partition coefficient (Wildman–Crippen LogP) is 1.76. The van der Waals surface area contributed by atoms with E-state index in [0.717, 1.165) is 11.3 Å². The number of hydrogen-bond donors (Lipinski definition) is 1. The van der Waals surface area contributed by atoms with E-state index < -0.39 is 17.7 Å². The molecule has 3 aromatic rings. The molecule has 0 aliphatic carbocycles. The maximum absolute atomic E-state index is 12.6. The first-order valence-electron chi connectivity index (χ1n) is 8.93. The van der Waals surface area contributed by atoms with E-state index >= 15 is 0 Å². The van der Waals surface area contributed by atoms with Crippen LogP contribution in [0.4, 0.5) is 0 Å². The molecule has 1 aromatic carbocycles. The molecule has 0 aliphatic rings. The van der Waals surface area contributed by atoms with Gasteiger partial charge in [-0.05, 0) is 25.0 Å². The topological polar surface area (TPSA) is 113 Å². The molecule has 1 amide bonds. The molecule has 29 heavy (non-hydrogen) atoms. The number of fused-ring (bicyclic) bond motifs is 1. The lowest BCUT2D eigenvalue weighted by Gasteiger charge is -2.10. The van der Waals surface area contributed by atoms with Gasteiger partial charge in [0.15, 0.2) is 6.61 Å². The van der Waals surface area contributed by atoms with Gasteiger partial charge in [0.25, 0.3) is 11.7 Å². The van der Waals surface area contributed by atoms with Crippen molar-refractivity contribution in [2.24, 2.45) is 5.73 Å². The number of carbonyl (C=O) groups is 3. The smallest absolute Gasteiger partial charge is 0.343 e. The molecule has 150 valence electrons. The monoisotopic (exact) mass is 395 g/mol. The first-order valence-corrected chi connectivity index (χ1v) is 8.93. The first kappa shape index (κ1) is 20.1. The molecule has 0 fully saturated rings. The second-order valence-corrected chi connectivity index (χ2v) is 6.58. The number of benzene rings is 1. The number of rotatable bonds is 7. The number of ketones is 1. The minimum atomic E-state index is -1.08. The number of ether oxygens (including phenoxy) is 2. The Bertz CT molecular complexity index is 1100. The lowest BCUT2D eigenvalue weighted by atomic mass is 10.0. The molecule has 0 unspecified atom stereocenters. The zero-order valence-electron chi connectivity index (χ0n) is 16.4. The zero-order valence-corrected chi connectivity index (χ0v) is 16.4. The van der Waals surface area contributed by atoms with Gasteiger partial charge in [0.2, 0.25) is 0 Å². The van der Waals surface area contributed by atoms with Crippen LogP contribution in [0.15, 0.2) is 36.4 Å². The summed E-state index contributed by atoms with van der Waals surface area (Å²) in [5.74, 6) is -2.25. The van der Waals surface area contributed by atoms with E-state index in [9.17, 15) is 14.4 Å². The first-order chi connectivity index (χ1) is 13.8. The van der Waals surface area contributed by atoms with Crippen molar-refractivity contribution in [3.8, 4) is 5.75 Å². The number of amides is 1. The highest BCUT2D eigenvalue weighted by Gasteiger charge is 2.28. The van der Waals surface area contributed by atoms with Crippen LogP contribution in [-0.4, -0.2) is 41.0 Å². The Morgan fingerprint density at radius 3 is 2.45 bits per heavy atom. The number of carbonyl (C=O) groups excluding carboxylic acids is 3. The van der Waals surface area contributed by atoms with Gasteiger partial charge in [-0.25, -0.2) is 9.31 Å². The van der Waals surface area contributed by atoms with Gasteiger partial charge in [-0.1, -0.05) is 30.3 Å². The normalized spacial score (nSPS) is 10.7. The molecule has 0 saturated carbocycles. The molecule has 2 aromatic heterocycles. The van der Waals surface area contributed by atoms with Crippen LogP contribution in [0.25, 0.3) is 5.52 Å². The minimum absolute atomic E-state index is 0.121. The highest BCUT2D eigenvalue weighted by molar-refractivity contribution is 6.44. The molecular weight excluding hydrogens is 374 g/mol. The average molecular weight is 395 g/mol. The summed E-state index contributed by atoms with van der Waals surface area (Å²) in [5, 5.41) is 4.52. The molecule has 8 nitrogen and oxygen atoms in total. The fourth-order valence-electron chi connectivity index (χ4n) is 3.21. The van der Waals surface area contributed by atoms with Crippen molar-refractivity contribution in [2.75, 3.05) is 13.7 Å². The largest absolute Gasteiger partial charge is 0.480 e. The van der Waals surface area contributed by atoms with E-state index in [1.807, 2.05) is 30.3 Å². The number of aromatic nitrogens is 2. The van der Waals surface area contributed by atoms with E-state index in [4.69, 9.17) is 10.5 Å². The molecule has 0 radical (unpaired) electrons. The number of nitrogens with two attached hydrogens (primary N) is 1. The van der Waals surface area contributed by atoms with Crippen molar-refractivity contribution in [1.29, 1.82) is 0 Å². The Morgan fingerprint density at radius 2 is 1.83 bits per heavy atom. The number of hydrogen-bond acceptors (Lipinski definition) is 6. The quantitative estimate of drug-likeness (QED) is 0.371. The van der Waals surface area contributed by atoms with Crippen molar-refractivity contribution in [2.45, 2.75) is 20.3 Å². The van der Waals surface area contributed by atoms with Gasteiger partial charge in [-0.3, -0.25) is 9.59 Å². The Morgan fingerprint density at radius 1 is 1.14 bits per heavy atom. The molecular formula is C21H21N3O5. The van der Waals surface area contributed by atoms with Crippen LogP contribution < -0.4 is 10.5 Å². The van der Waals surface area contributed by atoms with Gasteiger partial charge >= 0.3 is 5.97 Å². The molecule has 2 N–H and O–H groups in total. The SMILES string of the molecule is COC(=O)COc1cc(C)nn2c(Cc3ccccc3)c(C)c(C(=O)C(N)=O)c12. The van der Waals surface area contributed by atoms with Gasteiger partial charge in [-0.15, -0.1) is 0 Å². The number of esters is 1. The minimum Gasteiger partial charge on any atom is -0.480 e. The van der Waals surface area contributed by atoms with Gasteiger partial charge in [-0.2, -0.15) is 5.10 Å². The molecule has 0 aliphatic heterocycles. The van der Waals surface area contributed by atoms with Gasteiger partial charge in [0, 0.05) is 12.5 Å². The van der Waals surface area contributed by atoms with E-state index in [-0.39, 0.29) is 17.9 Å². The summed E-state index contributed by atoms with van der Waals surface area (Å²) in [4.78, 5) is 35.8.